The lowest BCUT2D eigenvalue weighted by Crippen LogP contribution is -1.94. The van der Waals surface area contributed by atoms with E-state index in [1.54, 1.807) is 0 Å². The van der Waals surface area contributed by atoms with Gasteiger partial charge in [0.15, 0.2) is 0 Å². The molecule has 0 aromatic carbocycles. The van der Waals surface area contributed by atoms with Crippen LogP contribution < -0.4 is 0 Å². The van der Waals surface area contributed by atoms with E-state index in [0.29, 0.717) is 0 Å². The summed E-state index contributed by atoms with van der Waals surface area (Å²) in [7, 11) is 0. The molecule has 2 heteroatoms. The molecule has 1 heterocycles. The summed E-state index contributed by atoms with van der Waals surface area (Å²) in [6, 6.07) is 0. The Hall–Kier alpha value is -1.05. The van der Waals surface area contributed by atoms with E-state index in [0.717, 1.165) is 12.4 Å². The van der Waals surface area contributed by atoms with Gasteiger partial charge < -0.3 is 4.57 Å². The summed E-state index contributed by atoms with van der Waals surface area (Å²) in [6.45, 7) is 5.36. The van der Waals surface area contributed by atoms with Gasteiger partial charge >= 0.3 is 0 Å². The lowest BCUT2D eigenvalue weighted by Gasteiger charge is -1.98. The molecule has 0 spiro atoms. The molecular weight excluding hydrogens is 172 g/mol. The van der Waals surface area contributed by atoms with Crippen molar-refractivity contribution in [1.82, 2.24) is 9.55 Å². The highest BCUT2D eigenvalue weighted by Gasteiger charge is 1.94. The Morgan fingerprint density at radius 2 is 2.21 bits per heavy atom. The summed E-state index contributed by atoms with van der Waals surface area (Å²) in [5, 5.41) is 0. The van der Waals surface area contributed by atoms with Crippen LogP contribution in [-0.2, 0) is 6.54 Å². The number of imidazole rings is 1. The largest absolute Gasteiger partial charge is 0.332 e. The molecule has 2 nitrogen and oxygen atoms in total. The zero-order valence-electron chi connectivity index (χ0n) is 9.24. The van der Waals surface area contributed by atoms with Crippen LogP contribution in [0.15, 0.2) is 18.5 Å². The number of nitrogens with zero attached hydrogens (tertiary/aromatic N) is 2. The van der Waals surface area contributed by atoms with Crippen molar-refractivity contribution in [1.29, 1.82) is 0 Å². The molecule has 0 saturated carbocycles. The van der Waals surface area contributed by atoms with Crippen LogP contribution in [-0.4, -0.2) is 9.55 Å². The van der Waals surface area contributed by atoms with Crippen molar-refractivity contribution >= 4 is 6.08 Å². The lowest BCUT2D eigenvalue weighted by molar-refractivity contribution is 0.728. The van der Waals surface area contributed by atoms with Gasteiger partial charge in [0.1, 0.15) is 5.82 Å². The molecule has 0 amide bonds. The molecule has 0 radical (unpaired) electrons. The van der Waals surface area contributed by atoms with Gasteiger partial charge in [-0.25, -0.2) is 4.98 Å². The average Bonchev–Trinajstić information content (AvgIpc) is 2.65. The Balaban J connectivity index is 2.35. The van der Waals surface area contributed by atoms with E-state index in [1.165, 1.54) is 25.7 Å². The van der Waals surface area contributed by atoms with E-state index in [9.17, 15) is 0 Å². The van der Waals surface area contributed by atoms with Gasteiger partial charge in [-0.2, -0.15) is 0 Å². The predicted octanol–water partition coefficient (Wildman–Crippen LogP) is 3.50. The number of rotatable bonds is 6. The van der Waals surface area contributed by atoms with Gasteiger partial charge in [0.05, 0.1) is 0 Å². The van der Waals surface area contributed by atoms with Gasteiger partial charge in [-0.05, 0) is 25.8 Å². The van der Waals surface area contributed by atoms with Gasteiger partial charge in [-0.3, -0.25) is 0 Å². The summed E-state index contributed by atoms with van der Waals surface area (Å²) in [5.41, 5.74) is 0. The molecule has 0 unspecified atom stereocenters. The van der Waals surface area contributed by atoms with Crippen molar-refractivity contribution in [3.63, 3.8) is 0 Å². The summed E-state index contributed by atoms with van der Waals surface area (Å²) in [4.78, 5) is 4.28. The minimum Gasteiger partial charge on any atom is -0.332 e. The first kappa shape index (κ1) is 11.0. The van der Waals surface area contributed by atoms with Crippen LogP contribution in [0.25, 0.3) is 6.08 Å². The first-order valence-electron chi connectivity index (χ1n) is 5.56. The third-order valence-corrected chi connectivity index (χ3v) is 2.33. The van der Waals surface area contributed by atoms with Crippen molar-refractivity contribution in [3.8, 4) is 0 Å². The Kier molecular flexibility index (Phi) is 5.05. The number of aromatic nitrogens is 2. The molecule has 0 fully saturated rings. The molecule has 1 aromatic rings. The molecule has 0 bridgehead atoms. The molecule has 0 N–H and O–H groups in total. The molecule has 0 atom stereocenters. The van der Waals surface area contributed by atoms with Crippen molar-refractivity contribution in [2.24, 2.45) is 0 Å². The highest BCUT2D eigenvalue weighted by Crippen LogP contribution is 2.04. The molecular formula is C12H20N2. The quantitative estimate of drug-likeness (QED) is 0.631. The average molecular weight is 192 g/mol. The lowest BCUT2D eigenvalue weighted by atomic mass is 10.2. The van der Waals surface area contributed by atoms with Crippen LogP contribution in [0.2, 0.25) is 0 Å². The number of allylic oxidation sites excluding steroid dienone is 1. The number of hydrogen-bond donors (Lipinski definition) is 0. The topological polar surface area (TPSA) is 17.8 Å². The maximum atomic E-state index is 4.28. The zero-order valence-corrected chi connectivity index (χ0v) is 9.24. The number of hydrogen-bond acceptors (Lipinski definition) is 1. The fraction of sp³-hybridized carbons (Fsp3) is 0.583. The Bertz CT molecular complexity index is 274. The van der Waals surface area contributed by atoms with Crippen LogP contribution in [0.5, 0.6) is 0 Å². The monoisotopic (exact) mass is 192 g/mol. The highest BCUT2D eigenvalue weighted by atomic mass is 15.0. The predicted molar refractivity (Wildman–Crippen MR) is 61.1 cm³/mol. The maximum absolute atomic E-state index is 4.28. The fourth-order valence-electron chi connectivity index (χ4n) is 1.45. The van der Waals surface area contributed by atoms with Gasteiger partial charge in [0, 0.05) is 18.9 Å². The molecule has 78 valence electrons. The minimum absolute atomic E-state index is 0.995. The van der Waals surface area contributed by atoms with Crippen LogP contribution in [0.3, 0.4) is 0 Å². The third kappa shape index (κ3) is 3.36. The van der Waals surface area contributed by atoms with Crippen molar-refractivity contribution in [2.45, 2.75) is 46.1 Å². The second kappa shape index (κ2) is 6.41. The van der Waals surface area contributed by atoms with Gasteiger partial charge in [-0.1, -0.05) is 25.8 Å². The fourth-order valence-corrected chi connectivity index (χ4v) is 1.45. The Morgan fingerprint density at radius 3 is 2.93 bits per heavy atom. The maximum Gasteiger partial charge on any atom is 0.132 e. The molecule has 1 rings (SSSR count). The minimum atomic E-state index is 0.995. The van der Waals surface area contributed by atoms with Gasteiger partial charge in [0.25, 0.3) is 0 Å². The van der Waals surface area contributed by atoms with E-state index < -0.39 is 0 Å². The van der Waals surface area contributed by atoms with Crippen molar-refractivity contribution < 1.29 is 0 Å². The molecule has 14 heavy (non-hydrogen) atoms. The summed E-state index contributed by atoms with van der Waals surface area (Å²) in [6.07, 6.45) is 13.3. The molecule has 1 aromatic heterocycles. The van der Waals surface area contributed by atoms with Gasteiger partial charge in [0.2, 0.25) is 0 Å². The van der Waals surface area contributed by atoms with Crippen LogP contribution >= 0.6 is 0 Å². The van der Waals surface area contributed by atoms with Crippen LogP contribution in [0.4, 0.5) is 0 Å². The molecule has 0 aliphatic rings. The normalized spacial score (nSPS) is 11.3. The third-order valence-electron chi connectivity index (χ3n) is 2.33. The summed E-state index contributed by atoms with van der Waals surface area (Å²) >= 11 is 0. The zero-order chi connectivity index (χ0) is 10.2. The van der Waals surface area contributed by atoms with E-state index in [1.807, 2.05) is 12.4 Å². The van der Waals surface area contributed by atoms with Crippen LogP contribution in [0, 0.1) is 0 Å². The Labute approximate surface area is 86.7 Å². The first-order valence-corrected chi connectivity index (χ1v) is 5.56. The standard InChI is InChI=1S/C12H20N2/c1-3-5-6-7-8-9-12-13-10-11-14(12)4-2/h8-11H,3-7H2,1-2H3. The van der Waals surface area contributed by atoms with Crippen molar-refractivity contribution in [2.75, 3.05) is 0 Å². The molecule has 0 aliphatic carbocycles. The SMILES string of the molecule is CCCCCC=Cc1nccn1CC. The smallest absolute Gasteiger partial charge is 0.132 e. The van der Waals surface area contributed by atoms with E-state index in [2.05, 4.69) is 35.6 Å². The highest BCUT2D eigenvalue weighted by molar-refractivity contribution is 5.40. The van der Waals surface area contributed by atoms with Crippen molar-refractivity contribution in [3.05, 3.63) is 24.3 Å². The van der Waals surface area contributed by atoms with Gasteiger partial charge in [-0.15, -0.1) is 0 Å². The second-order valence-electron chi connectivity index (χ2n) is 3.47. The second-order valence-corrected chi connectivity index (χ2v) is 3.47. The van der Waals surface area contributed by atoms with E-state index >= 15 is 0 Å². The summed E-state index contributed by atoms with van der Waals surface area (Å²) in [5.74, 6) is 1.07. The number of unbranched alkanes of at least 4 members (excludes halogenated alkanes) is 3. The van der Waals surface area contributed by atoms with E-state index in [-0.39, 0.29) is 0 Å². The molecule has 0 aliphatic heterocycles. The Morgan fingerprint density at radius 1 is 1.36 bits per heavy atom. The summed E-state index contributed by atoms with van der Waals surface area (Å²) < 4.78 is 2.15. The van der Waals surface area contributed by atoms with E-state index in [4.69, 9.17) is 0 Å². The number of aryl methyl sites for hydroxylation is 1. The van der Waals surface area contributed by atoms with Crippen LogP contribution in [0.1, 0.15) is 45.4 Å². The molecule has 0 saturated heterocycles. The first-order chi connectivity index (χ1) is 6.88.